The molecule has 0 amide bonds. The van der Waals surface area contributed by atoms with Crippen LogP contribution in [-0.4, -0.2) is 11.6 Å². The van der Waals surface area contributed by atoms with Crippen molar-refractivity contribution in [2.45, 2.75) is 110 Å². The first-order valence-corrected chi connectivity index (χ1v) is 12.7. The number of carbonyl (C=O) groups excluding carboxylic acids is 2. The molecule has 2 nitrogen and oxygen atoms in total. The lowest BCUT2D eigenvalue weighted by Crippen LogP contribution is -2.31. The molecule has 0 heterocycles. The van der Waals surface area contributed by atoms with Gasteiger partial charge in [0, 0.05) is 12.8 Å². The van der Waals surface area contributed by atoms with Gasteiger partial charge in [-0.2, -0.15) is 0 Å². The summed E-state index contributed by atoms with van der Waals surface area (Å²) in [6.07, 6.45) is 16.5. The van der Waals surface area contributed by atoms with Gasteiger partial charge in [-0.05, 0) is 67.4 Å². The molecule has 2 heteroatoms. The Bertz CT molecular complexity index is 666. The van der Waals surface area contributed by atoms with Crippen molar-refractivity contribution < 1.29 is 9.59 Å². The minimum atomic E-state index is -0.349. The van der Waals surface area contributed by atoms with E-state index >= 15 is 0 Å². The average Bonchev–Trinajstić information content (AvgIpc) is 2.74. The van der Waals surface area contributed by atoms with Gasteiger partial charge in [0.1, 0.15) is 11.6 Å². The van der Waals surface area contributed by atoms with Crippen LogP contribution < -0.4 is 0 Å². The molecular weight excluding hydrogens is 368 g/mol. The number of Topliss-reactive ketones (excluding diaryl/α,β-unsaturated/α-hetero) is 2. The number of hydrogen-bond donors (Lipinski definition) is 0. The van der Waals surface area contributed by atoms with Gasteiger partial charge in [-0.15, -0.1) is 0 Å². The van der Waals surface area contributed by atoms with Crippen molar-refractivity contribution in [3.8, 4) is 0 Å². The monoisotopic (exact) mass is 410 g/mol. The summed E-state index contributed by atoms with van der Waals surface area (Å²) in [5, 5.41) is 0. The van der Waals surface area contributed by atoms with Crippen LogP contribution in [0.3, 0.4) is 0 Å². The maximum absolute atomic E-state index is 12.6. The van der Waals surface area contributed by atoms with Gasteiger partial charge in [0.15, 0.2) is 0 Å². The summed E-state index contributed by atoms with van der Waals surface area (Å²) in [5.74, 6) is 2.01. The molecule has 3 rings (SSSR count). The predicted octanol–water partition coefficient (Wildman–Crippen LogP) is 7.44. The first-order valence-electron chi connectivity index (χ1n) is 12.7. The van der Waals surface area contributed by atoms with Gasteiger partial charge in [0.05, 0.1) is 5.92 Å². The molecule has 30 heavy (non-hydrogen) atoms. The van der Waals surface area contributed by atoms with Crippen molar-refractivity contribution in [3.05, 3.63) is 35.4 Å². The summed E-state index contributed by atoms with van der Waals surface area (Å²) in [4.78, 5) is 24.8. The quantitative estimate of drug-likeness (QED) is 0.297. The number of rotatable bonds is 10. The molecule has 2 aliphatic rings. The summed E-state index contributed by atoms with van der Waals surface area (Å²) in [6, 6.07) is 8.73. The van der Waals surface area contributed by atoms with E-state index in [9.17, 15) is 9.59 Å². The molecule has 0 aliphatic heterocycles. The van der Waals surface area contributed by atoms with E-state index in [4.69, 9.17) is 0 Å². The van der Waals surface area contributed by atoms with Gasteiger partial charge >= 0.3 is 0 Å². The van der Waals surface area contributed by atoms with Crippen molar-refractivity contribution in [1.29, 1.82) is 0 Å². The Morgan fingerprint density at radius 3 is 2.27 bits per heavy atom. The van der Waals surface area contributed by atoms with Gasteiger partial charge < -0.3 is 0 Å². The summed E-state index contributed by atoms with van der Waals surface area (Å²) in [6.45, 7) is 4.39. The van der Waals surface area contributed by atoms with Crippen molar-refractivity contribution in [2.24, 2.45) is 17.8 Å². The van der Waals surface area contributed by atoms with Crippen LogP contribution in [0.4, 0.5) is 0 Å². The smallest absolute Gasteiger partial charge is 0.147 e. The highest BCUT2D eigenvalue weighted by Gasteiger charge is 2.31. The van der Waals surface area contributed by atoms with Crippen LogP contribution in [0, 0.1) is 17.8 Å². The second-order valence-corrected chi connectivity index (χ2v) is 10.2. The number of carbonyl (C=O) groups is 2. The van der Waals surface area contributed by atoms with Gasteiger partial charge in [0.25, 0.3) is 0 Å². The number of unbranched alkanes of at least 4 members (excludes halogenated alkanes) is 4. The van der Waals surface area contributed by atoms with E-state index in [1.54, 1.807) is 0 Å². The summed E-state index contributed by atoms with van der Waals surface area (Å²) < 4.78 is 0. The van der Waals surface area contributed by atoms with Crippen LogP contribution in [0.2, 0.25) is 0 Å². The third kappa shape index (κ3) is 6.79. The second-order valence-electron chi connectivity index (χ2n) is 10.2. The lowest BCUT2D eigenvalue weighted by atomic mass is 9.76. The normalized spacial score (nSPS) is 27.2. The van der Waals surface area contributed by atoms with Crippen LogP contribution in [-0.2, 0) is 16.0 Å². The summed E-state index contributed by atoms with van der Waals surface area (Å²) in [7, 11) is 0. The summed E-state index contributed by atoms with van der Waals surface area (Å²) in [5.41, 5.74) is 2.51. The van der Waals surface area contributed by atoms with Crippen molar-refractivity contribution in [1.82, 2.24) is 0 Å². The van der Waals surface area contributed by atoms with Crippen molar-refractivity contribution in [2.75, 3.05) is 0 Å². The average molecular weight is 411 g/mol. The Hall–Kier alpha value is -1.44. The van der Waals surface area contributed by atoms with E-state index in [0.29, 0.717) is 24.7 Å². The van der Waals surface area contributed by atoms with Crippen LogP contribution >= 0.6 is 0 Å². The van der Waals surface area contributed by atoms with E-state index < -0.39 is 0 Å². The molecule has 0 bridgehead atoms. The largest absolute Gasteiger partial charge is 0.299 e. The second kappa shape index (κ2) is 11.8. The lowest BCUT2D eigenvalue weighted by molar-refractivity contribution is -0.134. The molecule has 0 N–H and O–H groups in total. The van der Waals surface area contributed by atoms with E-state index in [2.05, 4.69) is 38.1 Å². The van der Waals surface area contributed by atoms with Gasteiger partial charge in [0.2, 0.25) is 0 Å². The SMILES string of the molecule is CCCCCCC[C@H]1CC[C@H](c2ccc(CC(=O)C3CCC(C)CC3=O)cc2)CC1. The molecule has 0 aromatic heterocycles. The van der Waals surface area contributed by atoms with E-state index in [1.807, 2.05) is 0 Å². The zero-order valence-electron chi connectivity index (χ0n) is 19.3. The molecule has 1 aromatic carbocycles. The third-order valence-electron chi connectivity index (χ3n) is 7.67. The molecule has 2 saturated carbocycles. The summed E-state index contributed by atoms with van der Waals surface area (Å²) >= 11 is 0. The first-order chi connectivity index (χ1) is 14.6. The van der Waals surface area contributed by atoms with Crippen LogP contribution in [0.15, 0.2) is 24.3 Å². The first kappa shape index (κ1) is 23.2. The maximum atomic E-state index is 12.6. The Labute approximate surface area is 184 Å². The minimum absolute atomic E-state index is 0.124. The number of hydrogen-bond acceptors (Lipinski definition) is 2. The van der Waals surface area contributed by atoms with Crippen LogP contribution in [0.1, 0.15) is 114 Å². The van der Waals surface area contributed by atoms with E-state index in [1.165, 1.54) is 69.8 Å². The number of ketones is 2. The van der Waals surface area contributed by atoms with Crippen LogP contribution in [0.25, 0.3) is 0 Å². The van der Waals surface area contributed by atoms with Gasteiger partial charge in [-0.3, -0.25) is 9.59 Å². The Balaban J connectivity index is 1.41. The zero-order chi connectivity index (χ0) is 21.3. The standard InChI is InChI=1S/C28H42O2/c1-3-4-5-6-7-8-22-10-14-24(15-11-22)25-16-12-23(13-17-25)20-28(30)26-18-9-21(2)19-27(26)29/h12-13,16-17,21-22,24,26H,3-11,14-15,18-20H2,1-2H3/t21?,22-,24-,26?. The molecule has 1 aromatic rings. The van der Waals surface area contributed by atoms with Gasteiger partial charge in [-0.25, -0.2) is 0 Å². The molecule has 0 radical (unpaired) electrons. The fourth-order valence-electron chi connectivity index (χ4n) is 5.59. The predicted molar refractivity (Wildman–Crippen MR) is 125 cm³/mol. The molecular formula is C28H42O2. The highest BCUT2D eigenvalue weighted by Crippen LogP contribution is 2.38. The Morgan fingerprint density at radius 2 is 1.60 bits per heavy atom. The Kier molecular flexibility index (Phi) is 9.15. The molecule has 0 spiro atoms. The highest BCUT2D eigenvalue weighted by atomic mass is 16.1. The van der Waals surface area contributed by atoms with Crippen molar-refractivity contribution >= 4 is 11.6 Å². The fraction of sp³-hybridized carbons (Fsp3) is 0.714. The topological polar surface area (TPSA) is 34.1 Å². The molecule has 2 atom stereocenters. The number of benzene rings is 1. The zero-order valence-corrected chi connectivity index (χ0v) is 19.3. The molecule has 0 saturated heterocycles. The van der Waals surface area contributed by atoms with Crippen molar-refractivity contribution in [3.63, 3.8) is 0 Å². The minimum Gasteiger partial charge on any atom is -0.299 e. The van der Waals surface area contributed by atoms with Gasteiger partial charge in [-0.1, -0.05) is 76.6 Å². The fourth-order valence-corrected chi connectivity index (χ4v) is 5.59. The molecule has 2 unspecified atom stereocenters. The highest BCUT2D eigenvalue weighted by molar-refractivity contribution is 6.03. The van der Waals surface area contributed by atoms with E-state index in [-0.39, 0.29) is 17.5 Å². The third-order valence-corrected chi connectivity index (χ3v) is 7.67. The Morgan fingerprint density at radius 1 is 0.900 bits per heavy atom. The maximum Gasteiger partial charge on any atom is 0.147 e. The van der Waals surface area contributed by atoms with Crippen LogP contribution in [0.5, 0.6) is 0 Å². The lowest BCUT2D eigenvalue weighted by Gasteiger charge is -2.29. The molecule has 166 valence electrons. The van der Waals surface area contributed by atoms with E-state index in [0.717, 1.165) is 24.3 Å². The molecule has 2 aliphatic carbocycles. The molecule has 2 fully saturated rings.